The molecule has 2 aromatic rings. The Morgan fingerprint density at radius 2 is 1.92 bits per heavy atom. The minimum Gasteiger partial charge on any atom is -0.479 e. The molecule has 0 unspecified atom stereocenters. The topological polar surface area (TPSA) is 85.9 Å². The number of nitrogens with one attached hydrogen (secondary N) is 2. The van der Waals surface area contributed by atoms with Gasteiger partial charge in [0, 0.05) is 11.3 Å². The van der Waals surface area contributed by atoms with E-state index in [-0.39, 0.29) is 18.6 Å². The van der Waals surface area contributed by atoms with Crippen LogP contribution >= 0.6 is 0 Å². The molecule has 122 valence electrons. The zero-order chi connectivity index (χ0) is 16.7. The third-order valence-corrected chi connectivity index (χ3v) is 3.80. The molecular weight excluding hydrogens is 312 g/mol. The van der Waals surface area contributed by atoms with E-state index in [0.29, 0.717) is 34.2 Å². The Morgan fingerprint density at radius 3 is 2.79 bits per heavy atom. The molecule has 0 aromatic heterocycles. The number of hydrogen-bond acceptors (Lipinski definition) is 5. The van der Waals surface area contributed by atoms with Gasteiger partial charge in [-0.05, 0) is 43.3 Å². The first-order chi connectivity index (χ1) is 11.6. The van der Waals surface area contributed by atoms with Crippen LogP contribution < -0.4 is 24.8 Å². The van der Waals surface area contributed by atoms with Gasteiger partial charge in [-0.3, -0.25) is 9.59 Å². The summed E-state index contributed by atoms with van der Waals surface area (Å²) in [6.07, 6.45) is -0.536. The highest BCUT2D eigenvalue weighted by molar-refractivity contribution is 6.05. The molecule has 2 N–H and O–H groups in total. The zero-order valence-electron chi connectivity index (χ0n) is 12.8. The Hall–Kier alpha value is -3.22. The first kappa shape index (κ1) is 14.4. The number of carbonyl (C=O) groups is 2. The van der Waals surface area contributed by atoms with Crippen LogP contribution in [-0.4, -0.2) is 24.7 Å². The van der Waals surface area contributed by atoms with Crippen molar-refractivity contribution in [2.75, 3.05) is 17.4 Å². The summed E-state index contributed by atoms with van der Waals surface area (Å²) in [5.74, 6) is 1.23. The molecule has 0 saturated heterocycles. The summed E-state index contributed by atoms with van der Waals surface area (Å²) in [5, 5.41) is 5.53. The molecule has 7 nitrogen and oxygen atoms in total. The van der Waals surface area contributed by atoms with Gasteiger partial charge in [0.05, 0.1) is 5.69 Å². The van der Waals surface area contributed by atoms with Crippen LogP contribution in [0.25, 0.3) is 0 Å². The molecule has 0 bridgehead atoms. The zero-order valence-corrected chi connectivity index (χ0v) is 12.8. The van der Waals surface area contributed by atoms with E-state index in [1.165, 1.54) is 0 Å². The van der Waals surface area contributed by atoms with Crippen LogP contribution in [0.4, 0.5) is 11.4 Å². The fraction of sp³-hybridized carbons (Fsp3) is 0.176. The van der Waals surface area contributed by atoms with E-state index in [4.69, 9.17) is 14.2 Å². The van der Waals surface area contributed by atoms with Crippen molar-refractivity contribution in [3.05, 3.63) is 42.0 Å². The molecule has 2 aliphatic heterocycles. The van der Waals surface area contributed by atoms with E-state index in [1.807, 2.05) is 0 Å². The fourth-order valence-corrected chi connectivity index (χ4v) is 2.53. The van der Waals surface area contributed by atoms with Crippen molar-refractivity contribution in [2.45, 2.75) is 13.0 Å². The maximum atomic E-state index is 12.4. The number of ether oxygens (including phenoxy) is 3. The lowest BCUT2D eigenvalue weighted by atomic mass is 10.1. The summed E-state index contributed by atoms with van der Waals surface area (Å²) in [7, 11) is 0. The lowest BCUT2D eigenvalue weighted by Gasteiger charge is -2.23. The second-order valence-electron chi connectivity index (χ2n) is 5.48. The third-order valence-electron chi connectivity index (χ3n) is 3.80. The quantitative estimate of drug-likeness (QED) is 0.885. The molecule has 1 atom stereocenters. The first-order valence-electron chi connectivity index (χ1n) is 7.43. The minimum atomic E-state index is -0.536. The predicted molar refractivity (Wildman–Crippen MR) is 85.7 cm³/mol. The molecule has 4 rings (SSSR count). The van der Waals surface area contributed by atoms with Crippen molar-refractivity contribution in [2.24, 2.45) is 0 Å². The van der Waals surface area contributed by atoms with Crippen LogP contribution in [0.5, 0.6) is 17.2 Å². The van der Waals surface area contributed by atoms with Crippen molar-refractivity contribution in [1.29, 1.82) is 0 Å². The summed E-state index contributed by atoms with van der Waals surface area (Å²) >= 11 is 0. The molecule has 0 fully saturated rings. The van der Waals surface area contributed by atoms with Gasteiger partial charge in [-0.1, -0.05) is 0 Å². The maximum absolute atomic E-state index is 12.4. The second kappa shape index (κ2) is 5.45. The van der Waals surface area contributed by atoms with Crippen molar-refractivity contribution >= 4 is 23.2 Å². The number of anilines is 2. The van der Waals surface area contributed by atoms with Crippen molar-refractivity contribution < 1.29 is 23.8 Å². The van der Waals surface area contributed by atoms with Gasteiger partial charge in [-0.2, -0.15) is 0 Å². The number of benzene rings is 2. The summed E-state index contributed by atoms with van der Waals surface area (Å²) in [6.45, 7) is 1.83. The molecule has 2 amide bonds. The van der Waals surface area contributed by atoms with Gasteiger partial charge < -0.3 is 24.8 Å². The molecule has 0 aliphatic carbocycles. The Balaban J connectivity index is 1.54. The smallest absolute Gasteiger partial charge is 0.265 e. The SMILES string of the molecule is C[C@H]1Oc2ccc(NC(=O)c3ccc4c(c3)OCO4)cc2NC1=O. The first-order valence-corrected chi connectivity index (χ1v) is 7.43. The van der Waals surface area contributed by atoms with Gasteiger partial charge >= 0.3 is 0 Å². The van der Waals surface area contributed by atoms with E-state index in [0.717, 1.165) is 0 Å². The average molecular weight is 326 g/mol. The van der Waals surface area contributed by atoms with Gasteiger partial charge in [-0.15, -0.1) is 0 Å². The Morgan fingerprint density at radius 1 is 1.12 bits per heavy atom. The molecule has 2 heterocycles. The van der Waals surface area contributed by atoms with Gasteiger partial charge in [0.25, 0.3) is 11.8 Å². The standard InChI is InChI=1S/C17H14N2O5/c1-9-16(20)19-12-7-11(3-5-13(12)24-9)18-17(21)10-2-4-14-15(6-10)23-8-22-14/h2-7,9H,8H2,1H3,(H,18,21)(H,19,20)/t9-/m1/s1. The molecule has 2 aromatic carbocycles. The summed E-state index contributed by atoms with van der Waals surface area (Å²) in [6, 6.07) is 10.1. The van der Waals surface area contributed by atoms with Gasteiger partial charge in [0.2, 0.25) is 6.79 Å². The highest BCUT2D eigenvalue weighted by Gasteiger charge is 2.24. The van der Waals surface area contributed by atoms with Crippen molar-refractivity contribution in [3.63, 3.8) is 0 Å². The third kappa shape index (κ3) is 2.50. The Kier molecular flexibility index (Phi) is 3.26. The number of rotatable bonds is 2. The summed E-state index contributed by atoms with van der Waals surface area (Å²) < 4.78 is 16.0. The van der Waals surface area contributed by atoms with E-state index >= 15 is 0 Å². The highest BCUT2D eigenvalue weighted by atomic mass is 16.7. The minimum absolute atomic E-state index is 0.156. The van der Waals surface area contributed by atoms with Crippen LogP contribution in [0, 0.1) is 0 Å². The van der Waals surface area contributed by atoms with Crippen molar-refractivity contribution in [3.8, 4) is 17.2 Å². The summed E-state index contributed by atoms with van der Waals surface area (Å²) in [5.41, 5.74) is 1.53. The number of carbonyl (C=O) groups excluding carboxylic acids is 2. The Labute approximate surface area is 137 Å². The predicted octanol–water partition coefficient (Wildman–Crippen LogP) is 2.39. The van der Waals surface area contributed by atoms with Gasteiger partial charge in [0.1, 0.15) is 5.75 Å². The summed E-state index contributed by atoms with van der Waals surface area (Å²) in [4.78, 5) is 24.0. The Bertz CT molecular complexity index is 849. The van der Waals surface area contributed by atoms with E-state index in [1.54, 1.807) is 43.3 Å². The molecular formula is C17H14N2O5. The monoisotopic (exact) mass is 326 g/mol. The van der Waals surface area contributed by atoms with Crippen molar-refractivity contribution in [1.82, 2.24) is 0 Å². The number of amides is 2. The molecule has 7 heteroatoms. The number of hydrogen-bond donors (Lipinski definition) is 2. The highest BCUT2D eigenvalue weighted by Crippen LogP contribution is 2.34. The lowest BCUT2D eigenvalue weighted by molar-refractivity contribution is -0.122. The maximum Gasteiger partial charge on any atom is 0.265 e. The van der Waals surface area contributed by atoms with Crippen LogP contribution in [0.2, 0.25) is 0 Å². The molecule has 24 heavy (non-hydrogen) atoms. The van der Waals surface area contributed by atoms with Crippen LogP contribution in [0.15, 0.2) is 36.4 Å². The van der Waals surface area contributed by atoms with E-state index < -0.39 is 6.10 Å². The van der Waals surface area contributed by atoms with Crippen LogP contribution in [0.3, 0.4) is 0 Å². The molecule has 0 radical (unpaired) electrons. The van der Waals surface area contributed by atoms with Gasteiger partial charge in [-0.25, -0.2) is 0 Å². The number of fused-ring (bicyclic) bond motifs is 2. The van der Waals surface area contributed by atoms with E-state index in [9.17, 15) is 9.59 Å². The molecule has 2 aliphatic rings. The van der Waals surface area contributed by atoms with E-state index in [2.05, 4.69) is 10.6 Å². The lowest BCUT2D eigenvalue weighted by Crippen LogP contribution is -2.34. The fourth-order valence-electron chi connectivity index (χ4n) is 2.53. The normalized spacial score (nSPS) is 17.5. The largest absolute Gasteiger partial charge is 0.479 e. The van der Waals surface area contributed by atoms with Gasteiger partial charge in [0.15, 0.2) is 17.6 Å². The molecule has 0 saturated carbocycles. The van der Waals surface area contributed by atoms with Crippen LogP contribution in [-0.2, 0) is 4.79 Å². The average Bonchev–Trinajstić information content (AvgIpc) is 3.03. The molecule has 0 spiro atoms. The van der Waals surface area contributed by atoms with Crippen LogP contribution in [0.1, 0.15) is 17.3 Å². The second-order valence-corrected chi connectivity index (χ2v) is 5.48.